The summed E-state index contributed by atoms with van der Waals surface area (Å²) in [4.78, 5) is 5.75. The van der Waals surface area contributed by atoms with Crippen molar-refractivity contribution in [1.82, 2.24) is 4.98 Å². The summed E-state index contributed by atoms with van der Waals surface area (Å²) in [6, 6.07) is 1.68. The van der Waals surface area contributed by atoms with Gasteiger partial charge < -0.3 is 10.6 Å². The minimum absolute atomic E-state index is 0.392. The Hall–Kier alpha value is -1.03. The minimum Gasteiger partial charge on any atom is -0.384 e. The van der Waals surface area contributed by atoms with Gasteiger partial charge in [-0.1, -0.05) is 11.6 Å². The number of nitrogen functional groups attached to an aromatic ring is 1. The Morgan fingerprint density at radius 2 is 2.43 bits per heavy atom. The first-order valence-corrected chi connectivity index (χ1v) is 4.84. The Labute approximate surface area is 86.7 Å². The van der Waals surface area contributed by atoms with Crippen LogP contribution < -0.4 is 10.6 Å². The van der Waals surface area contributed by atoms with Crippen molar-refractivity contribution >= 4 is 23.1 Å². The van der Waals surface area contributed by atoms with Gasteiger partial charge in [-0.25, -0.2) is 9.37 Å². The lowest BCUT2D eigenvalue weighted by molar-refractivity contribution is 0.364. The van der Waals surface area contributed by atoms with Crippen molar-refractivity contribution in [2.24, 2.45) is 0 Å². The van der Waals surface area contributed by atoms with Gasteiger partial charge >= 0.3 is 0 Å². The van der Waals surface area contributed by atoms with E-state index in [1.807, 2.05) is 4.90 Å². The molecule has 1 fully saturated rings. The SMILES string of the molecule is Nc1cc(N2CC[C@H](F)C2)c(Cl)cn1. The average Bonchev–Trinajstić information content (AvgIpc) is 2.56. The van der Waals surface area contributed by atoms with Gasteiger partial charge in [0.15, 0.2) is 0 Å². The van der Waals surface area contributed by atoms with Gasteiger partial charge in [0.25, 0.3) is 0 Å². The molecular weight excluding hydrogens is 205 g/mol. The van der Waals surface area contributed by atoms with Crippen LogP contribution in [-0.4, -0.2) is 24.2 Å². The Kier molecular flexibility index (Phi) is 2.46. The summed E-state index contributed by atoms with van der Waals surface area (Å²) in [6.45, 7) is 1.08. The number of anilines is 2. The highest BCUT2D eigenvalue weighted by Crippen LogP contribution is 2.29. The van der Waals surface area contributed by atoms with Crippen LogP contribution in [0.5, 0.6) is 0 Å². The van der Waals surface area contributed by atoms with E-state index in [-0.39, 0.29) is 0 Å². The summed E-state index contributed by atoms with van der Waals surface area (Å²) in [6.07, 6.45) is 1.29. The average molecular weight is 216 g/mol. The van der Waals surface area contributed by atoms with Crippen molar-refractivity contribution in [3.63, 3.8) is 0 Å². The Morgan fingerprint density at radius 1 is 1.64 bits per heavy atom. The lowest BCUT2D eigenvalue weighted by Gasteiger charge is -2.18. The summed E-state index contributed by atoms with van der Waals surface area (Å²) in [5.74, 6) is 0.409. The summed E-state index contributed by atoms with van der Waals surface area (Å²) in [5.41, 5.74) is 6.32. The molecule has 0 aromatic carbocycles. The smallest absolute Gasteiger partial charge is 0.125 e. The zero-order chi connectivity index (χ0) is 10.1. The number of halogens is 2. The first-order valence-electron chi connectivity index (χ1n) is 4.47. The third-order valence-corrected chi connectivity index (χ3v) is 2.62. The number of rotatable bonds is 1. The van der Waals surface area contributed by atoms with E-state index in [1.54, 1.807) is 6.07 Å². The van der Waals surface area contributed by atoms with Crippen molar-refractivity contribution < 1.29 is 4.39 Å². The Morgan fingerprint density at radius 3 is 3.07 bits per heavy atom. The van der Waals surface area contributed by atoms with Crippen molar-refractivity contribution in [1.29, 1.82) is 0 Å². The second kappa shape index (κ2) is 3.61. The van der Waals surface area contributed by atoms with E-state index in [2.05, 4.69) is 4.98 Å². The van der Waals surface area contributed by atoms with Gasteiger partial charge in [-0.3, -0.25) is 0 Å². The van der Waals surface area contributed by atoms with Crippen LogP contribution in [0.3, 0.4) is 0 Å². The molecule has 76 valence electrons. The predicted octanol–water partition coefficient (Wildman–Crippen LogP) is 1.87. The van der Waals surface area contributed by atoms with Crippen molar-refractivity contribution in [2.45, 2.75) is 12.6 Å². The second-order valence-electron chi connectivity index (χ2n) is 3.39. The molecular formula is C9H11ClFN3. The molecule has 2 rings (SSSR count). The van der Waals surface area contributed by atoms with E-state index in [1.165, 1.54) is 6.20 Å². The van der Waals surface area contributed by atoms with Gasteiger partial charge in [-0.15, -0.1) is 0 Å². The maximum atomic E-state index is 13.0. The molecule has 1 aromatic rings. The summed E-state index contributed by atoms with van der Waals surface area (Å²) in [7, 11) is 0. The van der Waals surface area contributed by atoms with Crippen molar-refractivity contribution in [2.75, 3.05) is 23.7 Å². The van der Waals surface area contributed by atoms with E-state index in [0.29, 0.717) is 30.4 Å². The van der Waals surface area contributed by atoms with Gasteiger partial charge in [-0.2, -0.15) is 0 Å². The highest BCUT2D eigenvalue weighted by Gasteiger charge is 2.23. The molecule has 0 bridgehead atoms. The third kappa shape index (κ3) is 1.75. The lowest BCUT2D eigenvalue weighted by atomic mass is 10.3. The van der Waals surface area contributed by atoms with E-state index < -0.39 is 6.17 Å². The zero-order valence-corrected chi connectivity index (χ0v) is 8.34. The molecule has 0 aliphatic carbocycles. The Balaban J connectivity index is 2.27. The number of aromatic nitrogens is 1. The molecule has 1 aliphatic heterocycles. The maximum Gasteiger partial charge on any atom is 0.125 e. The molecule has 1 atom stereocenters. The monoisotopic (exact) mass is 215 g/mol. The molecule has 0 radical (unpaired) electrons. The molecule has 1 aromatic heterocycles. The molecule has 0 spiro atoms. The van der Waals surface area contributed by atoms with Crippen LogP contribution in [0.25, 0.3) is 0 Å². The summed E-state index contributed by atoms with van der Waals surface area (Å²) in [5, 5.41) is 0.522. The fourth-order valence-corrected chi connectivity index (χ4v) is 1.85. The number of alkyl halides is 1. The molecule has 3 nitrogen and oxygen atoms in total. The van der Waals surface area contributed by atoms with Gasteiger partial charge in [0.05, 0.1) is 10.7 Å². The van der Waals surface area contributed by atoms with Crippen LogP contribution in [0.15, 0.2) is 12.3 Å². The normalized spacial score (nSPS) is 21.6. The molecule has 14 heavy (non-hydrogen) atoms. The van der Waals surface area contributed by atoms with E-state index >= 15 is 0 Å². The molecule has 0 amide bonds. The van der Waals surface area contributed by atoms with Gasteiger partial charge in [0.2, 0.25) is 0 Å². The van der Waals surface area contributed by atoms with E-state index in [0.717, 1.165) is 5.69 Å². The van der Waals surface area contributed by atoms with Crippen LogP contribution in [-0.2, 0) is 0 Å². The first-order chi connectivity index (χ1) is 6.66. The van der Waals surface area contributed by atoms with Crippen LogP contribution in [0.1, 0.15) is 6.42 Å². The van der Waals surface area contributed by atoms with E-state index in [4.69, 9.17) is 17.3 Å². The van der Waals surface area contributed by atoms with Crippen LogP contribution in [0, 0.1) is 0 Å². The lowest BCUT2D eigenvalue weighted by Crippen LogP contribution is -2.20. The molecule has 5 heteroatoms. The van der Waals surface area contributed by atoms with Crippen LogP contribution in [0.4, 0.5) is 15.9 Å². The van der Waals surface area contributed by atoms with Crippen LogP contribution >= 0.6 is 11.6 Å². The fourth-order valence-electron chi connectivity index (χ4n) is 1.62. The van der Waals surface area contributed by atoms with Gasteiger partial charge in [0.1, 0.15) is 12.0 Å². The largest absolute Gasteiger partial charge is 0.384 e. The minimum atomic E-state index is -0.763. The van der Waals surface area contributed by atoms with Gasteiger partial charge in [0, 0.05) is 25.4 Å². The van der Waals surface area contributed by atoms with E-state index in [9.17, 15) is 4.39 Å². The quantitative estimate of drug-likeness (QED) is 0.778. The topological polar surface area (TPSA) is 42.1 Å². The number of hydrogen-bond donors (Lipinski definition) is 1. The number of hydrogen-bond acceptors (Lipinski definition) is 3. The molecule has 0 saturated carbocycles. The predicted molar refractivity (Wildman–Crippen MR) is 55.4 cm³/mol. The standard InChI is InChI=1S/C9H11ClFN3/c10-7-4-13-9(12)3-8(7)14-2-1-6(11)5-14/h3-4,6H,1-2,5H2,(H2,12,13)/t6-/m0/s1. The molecule has 1 aliphatic rings. The summed E-state index contributed by atoms with van der Waals surface area (Å²) < 4.78 is 13.0. The van der Waals surface area contributed by atoms with Crippen LogP contribution in [0.2, 0.25) is 5.02 Å². The number of nitrogens with zero attached hydrogens (tertiary/aromatic N) is 2. The maximum absolute atomic E-state index is 13.0. The fraction of sp³-hybridized carbons (Fsp3) is 0.444. The second-order valence-corrected chi connectivity index (χ2v) is 3.80. The number of pyridine rings is 1. The first kappa shape index (κ1) is 9.52. The molecule has 2 heterocycles. The third-order valence-electron chi connectivity index (χ3n) is 2.33. The zero-order valence-electron chi connectivity index (χ0n) is 7.58. The Bertz CT molecular complexity index is 345. The van der Waals surface area contributed by atoms with Crippen molar-refractivity contribution in [3.8, 4) is 0 Å². The highest BCUT2D eigenvalue weighted by molar-refractivity contribution is 6.33. The number of nitrogens with two attached hydrogens (primary N) is 1. The highest BCUT2D eigenvalue weighted by atomic mass is 35.5. The van der Waals surface area contributed by atoms with Gasteiger partial charge in [-0.05, 0) is 6.42 Å². The molecule has 2 N–H and O–H groups in total. The summed E-state index contributed by atoms with van der Waals surface area (Å²) >= 11 is 5.94. The van der Waals surface area contributed by atoms with Crippen molar-refractivity contribution in [3.05, 3.63) is 17.3 Å². The molecule has 1 saturated heterocycles. The molecule has 0 unspecified atom stereocenters.